The Labute approximate surface area is 120 Å². The van der Waals surface area contributed by atoms with Crippen molar-refractivity contribution in [2.75, 3.05) is 18.6 Å². The summed E-state index contributed by atoms with van der Waals surface area (Å²) in [5, 5.41) is 2.73. The van der Waals surface area contributed by atoms with Gasteiger partial charge in [0.15, 0.2) is 0 Å². The third-order valence-electron chi connectivity index (χ3n) is 2.69. The van der Waals surface area contributed by atoms with Gasteiger partial charge in [-0.15, -0.1) is 0 Å². The van der Waals surface area contributed by atoms with Crippen molar-refractivity contribution >= 4 is 23.6 Å². The first-order valence-corrected chi connectivity index (χ1v) is 7.60. The molecule has 0 aliphatic rings. The molecule has 112 valence electrons. The van der Waals surface area contributed by atoms with Gasteiger partial charge in [0.1, 0.15) is 6.04 Å². The van der Waals surface area contributed by atoms with Crippen molar-refractivity contribution in [3.05, 3.63) is 0 Å². The number of nitrogens with one attached hydrogen (secondary N) is 1. The summed E-state index contributed by atoms with van der Waals surface area (Å²) in [5.74, 6) is 0.473. The van der Waals surface area contributed by atoms with Crippen LogP contribution < -0.4 is 11.1 Å². The zero-order chi connectivity index (χ0) is 15.1. The Morgan fingerprint density at radius 1 is 1.42 bits per heavy atom. The van der Waals surface area contributed by atoms with E-state index in [9.17, 15) is 9.59 Å². The molecule has 0 radical (unpaired) electrons. The maximum Gasteiger partial charge on any atom is 0.328 e. The summed E-state index contributed by atoms with van der Waals surface area (Å²) >= 11 is 1.46. The van der Waals surface area contributed by atoms with Gasteiger partial charge < -0.3 is 15.8 Å². The number of carbonyl (C=O) groups excluding carboxylic acids is 2. The van der Waals surface area contributed by atoms with E-state index in [0.717, 1.165) is 6.42 Å². The van der Waals surface area contributed by atoms with Crippen LogP contribution in [0.2, 0.25) is 0 Å². The fourth-order valence-electron chi connectivity index (χ4n) is 1.42. The Kier molecular flexibility index (Phi) is 8.09. The molecule has 6 heteroatoms. The molecular formula is C13H26N2O3S. The lowest BCUT2D eigenvalue weighted by Gasteiger charge is -2.22. The van der Waals surface area contributed by atoms with Crippen LogP contribution in [0.3, 0.4) is 0 Å². The Bertz CT molecular complexity index is 303. The molecular weight excluding hydrogens is 264 g/mol. The molecule has 0 aliphatic heterocycles. The summed E-state index contributed by atoms with van der Waals surface area (Å²) in [6, 6.07) is -0.575. The molecule has 3 N–H and O–H groups in total. The first kappa shape index (κ1) is 18.2. The Balaban J connectivity index is 4.28. The van der Waals surface area contributed by atoms with E-state index in [4.69, 9.17) is 10.5 Å². The average Bonchev–Trinajstić information content (AvgIpc) is 2.32. The lowest BCUT2D eigenvalue weighted by molar-refractivity contribution is -0.146. The van der Waals surface area contributed by atoms with E-state index in [1.807, 2.05) is 27.7 Å². The molecule has 0 heterocycles. The number of thioether (sulfide) groups is 1. The molecule has 1 amide bonds. The normalized spacial score (nSPS) is 14.6. The Hall–Kier alpha value is -0.750. The van der Waals surface area contributed by atoms with E-state index in [-0.39, 0.29) is 17.4 Å². The number of esters is 1. The third-order valence-corrected chi connectivity index (χ3v) is 4.11. The fourth-order valence-corrected chi connectivity index (χ4v) is 2.31. The third kappa shape index (κ3) is 8.10. The van der Waals surface area contributed by atoms with Crippen LogP contribution in [-0.2, 0) is 14.3 Å². The summed E-state index contributed by atoms with van der Waals surface area (Å²) in [6.07, 6.45) is 0.795. The van der Waals surface area contributed by atoms with E-state index >= 15 is 0 Å². The van der Waals surface area contributed by atoms with Crippen LogP contribution in [0.1, 0.15) is 34.1 Å². The van der Waals surface area contributed by atoms with E-state index < -0.39 is 12.0 Å². The largest absolute Gasteiger partial charge is 0.467 e. The highest BCUT2D eigenvalue weighted by Gasteiger charge is 2.26. The number of rotatable bonds is 8. The van der Waals surface area contributed by atoms with Crippen LogP contribution in [-0.4, -0.2) is 42.1 Å². The lowest BCUT2D eigenvalue weighted by atomic mass is 9.99. The molecule has 0 saturated heterocycles. The van der Waals surface area contributed by atoms with Gasteiger partial charge in [-0.05, 0) is 19.8 Å². The molecule has 0 aromatic heterocycles. The summed E-state index contributed by atoms with van der Waals surface area (Å²) in [4.78, 5) is 23.4. The van der Waals surface area contributed by atoms with Crippen molar-refractivity contribution in [3.8, 4) is 0 Å². The molecule has 0 aromatic rings. The second kappa shape index (κ2) is 8.43. The van der Waals surface area contributed by atoms with E-state index in [2.05, 4.69) is 5.32 Å². The van der Waals surface area contributed by atoms with Gasteiger partial charge in [-0.25, -0.2) is 4.79 Å². The van der Waals surface area contributed by atoms with Gasteiger partial charge in [0.2, 0.25) is 5.91 Å². The summed E-state index contributed by atoms with van der Waals surface area (Å²) in [5.41, 5.74) is 5.53. The zero-order valence-electron chi connectivity index (χ0n) is 12.5. The predicted octanol–water partition coefficient (Wildman–Crippen LogP) is 1.16. The summed E-state index contributed by atoms with van der Waals surface area (Å²) < 4.78 is 4.71. The minimum absolute atomic E-state index is 0.0485. The van der Waals surface area contributed by atoms with Gasteiger partial charge in [0.05, 0.1) is 12.9 Å². The van der Waals surface area contributed by atoms with Gasteiger partial charge in [-0.1, -0.05) is 20.3 Å². The molecule has 5 nitrogen and oxygen atoms in total. The summed E-state index contributed by atoms with van der Waals surface area (Å²) in [6.45, 7) is 7.71. The standard InChI is InChI=1S/C13H26N2O3S/c1-6-9(2)11(12(17)18-5)15-10(16)7-19-8-13(3,4)14/h9,11H,6-8,14H2,1-5H3,(H,15,16). The van der Waals surface area contributed by atoms with Gasteiger partial charge in [-0.2, -0.15) is 11.8 Å². The molecule has 0 spiro atoms. The minimum atomic E-state index is -0.575. The van der Waals surface area contributed by atoms with Crippen molar-refractivity contribution in [2.24, 2.45) is 11.7 Å². The summed E-state index contributed by atoms with van der Waals surface area (Å²) in [7, 11) is 1.33. The highest BCUT2D eigenvalue weighted by molar-refractivity contribution is 8.00. The highest BCUT2D eigenvalue weighted by Crippen LogP contribution is 2.12. The number of carbonyl (C=O) groups is 2. The molecule has 0 aromatic carbocycles. The first-order valence-electron chi connectivity index (χ1n) is 6.45. The van der Waals surface area contributed by atoms with Crippen LogP contribution >= 0.6 is 11.8 Å². The molecule has 2 unspecified atom stereocenters. The molecule has 0 fully saturated rings. The van der Waals surface area contributed by atoms with Gasteiger partial charge >= 0.3 is 5.97 Å². The molecule has 0 bridgehead atoms. The number of ether oxygens (including phenoxy) is 1. The van der Waals surface area contributed by atoms with Crippen LogP contribution in [0.4, 0.5) is 0 Å². The van der Waals surface area contributed by atoms with Crippen LogP contribution in [0, 0.1) is 5.92 Å². The SMILES string of the molecule is CCC(C)C(NC(=O)CSCC(C)(C)N)C(=O)OC. The maximum atomic E-state index is 11.8. The van der Waals surface area contributed by atoms with E-state index in [1.54, 1.807) is 0 Å². The molecule has 2 atom stereocenters. The quantitative estimate of drug-likeness (QED) is 0.656. The smallest absolute Gasteiger partial charge is 0.328 e. The van der Waals surface area contributed by atoms with Crippen LogP contribution in [0.25, 0.3) is 0 Å². The monoisotopic (exact) mass is 290 g/mol. The van der Waals surface area contributed by atoms with Crippen molar-refractivity contribution in [2.45, 2.75) is 45.7 Å². The number of hydrogen-bond donors (Lipinski definition) is 2. The van der Waals surface area contributed by atoms with Crippen molar-refractivity contribution in [1.29, 1.82) is 0 Å². The van der Waals surface area contributed by atoms with E-state index in [0.29, 0.717) is 11.5 Å². The minimum Gasteiger partial charge on any atom is -0.467 e. The van der Waals surface area contributed by atoms with E-state index in [1.165, 1.54) is 18.9 Å². The average molecular weight is 290 g/mol. The molecule has 0 saturated carbocycles. The maximum absolute atomic E-state index is 11.8. The number of methoxy groups -OCH3 is 1. The fraction of sp³-hybridized carbons (Fsp3) is 0.846. The van der Waals surface area contributed by atoms with Gasteiger partial charge in [-0.3, -0.25) is 4.79 Å². The van der Waals surface area contributed by atoms with Crippen LogP contribution in [0.15, 0.2) is 0 Å². The second-order valence-corrected chi connectivity index (χ2v) is 6.42. The van der Waals surface area contributed by atoms with Gasteiger partial charge in [0, 0.05) is 11.3 Å². The lowest BCUT2D eigenvalue weighted by Crippen LogP contribution is -2.46. The Morgan fingerprint density at radius 3 is 2.42 bits per heavy atom. The number of hydrogen-bond acceptors (Lipinski definition) is 5. The first-order chi connectivity index (χ1) is 8.71. The second-order valence-electron chi connectivity index (χ2n) is 5.44. The van der Waals surface area contributed by atoms with Gasteiger partial charge in [0.25, 0.3) is 0 Å². The van der Waals surface area contributed by atoms with Crippen molar-refractivity contribution < 1.29 is 14.3 Å². The number of amides is 1. The molecule has 0 rings (SSSR count). The topological polar surface area (TPSA) is 81.4 Å². The van der Waals surface area contributed by atoms with Crippen LogP contribution in [0.5, 0.6) is 0 Å². The number of nitrogens with two attached hydrogens (primary N) is 1. The predicted molar refractivity (Wildman–Crippen MR) is 79.0 cm³/mol. The highest BCUT2D eigenvalue weighted by atomic mass is 32.2. The zero-order valence-corrected chi connectivity index (χ0v) is 13.3. The van der Waals surface area contributed by atoms with Crippen molar-refractivity contribution in [1.82, 2.24) is 5.32 Å². The molecule has 0 aliphatic carbocycles. The molecule has 19 heavy (non-hydrogen) atoms. The van der Waals surface area contributed by atoms with Crippen molar-refractivity contribution in [3.63, 3.8) is 0 Å². The Morgan fingerprint density at radius 2 is 2.00 bits per heavy atom.